The van der Waals surface area contributed by atoms with E-state index in [1.807, 2.05) is 25.1 Å². The van der Waals surface area contributed by atoms with Gasteiger partial charge in [-0.15, -0.1) is 0 Å². The molecule has 0 fully saturated rings. The molecular weight excluding hydrogens is 364 g/mol. The van der Waals surface area contributed by atoms with E-state index in [4.69, 9.17) is 4.74 Å². The first kappa shape index (κ1) is 20.8. The van der Waals surface area contributed by atoms with Gasteiger partial charge in [-0.3, -0.25) is 5.10 Å². The van der Waals surface area contributed by atoms with E-state index in [9.17, 15) is 0 Å². The molecule has 2 N–H and O–H groups in total. The molecule has 3 rings (SSSR count). The van der Waals surface area contributed by atoms with Gasteiger partial charge in [-0.1, -0.05) is 26.0 Å². The van der Waals surface area contributed by atoms with Crippen molar-refractivity contribution in [1.82, 2.24) is 25.1 Å². The topological polar surface area (TPSA) is 79.0 Å². The number of aromatic nitrogens is 4. The number of H-pyrrole nitrogens is 1. The molecule has 3 aromatic rings. The lowest BCUT2D eigenvalue weighted by molar-refractivity contribution is 0.311. The number of methoxy groups -OCH3 is 1. The smallest absolute Gasteiger partial charge is 0.130 e. The third-order valence-electron chi connectivity index (χ3n) is 4.92. The second-order valence-electron chi connectivity index (χ2n) is 7.68. The van der Waals surface area contributed by atoms with Gasteiger partial charge in [-0.2, -0.15) is 5.10 Å². The fraction of sp³-hybridized carbons (Fsp3) is 0.409. The minimum absolute atomic E-state index is 0.192. The first-order chi connectivity index (χ1) is 13.9. The lowest BCUT2D eigenvalue weighted by atomic mass is 10.1. The van der Waals surface area contributed by atoms with Gasteiger partial charge in [0.2, 0.25) is 0 Å². The maximum absolute atomic E-state index is 5.27. The summed E-state index contributed by atoms with van der Waals surface area (Å²) in [6, 6.07) is 12.4. The zero-order chi connectivity index (χ0) is 21.0. The summed E-state index contributed by atoms with van der Waals surface area (Å²) in [7, 11) is 5.83. The predicted octanol–water partition coefficient (Wildman–Crippen LogP) is 4.02. The molecule has 0 spiro atoms. The van der Waals surface area contributed by atoms with Crippen LogP contribution in [0.3, 0.4) is 0 Å². The quantitative estimate of drug-likeness (QED) is 0.601. The van der Waals surface area contributed by atoms with Crippen LogP contribution < -0.4 is 10.1 Å². The van der Waals surface area contributed by atoms with Gasteiger partial charge in [-0.05, 0) is 50.7 Å². The van der Waals surface area contributed by atoms with Crippen molar-refractivity contribution in [3.63, 3.8) is 0 Å². The van der Waals surface area contributed by atoms with Crippen LogP contribution in [0.25, 0.3) is 11.4 Å². The Morgan fingerprint density at radius 1 is 1.07 bits per heavy atom. The summed E-state index contributed by atoms with van der Waals surface area (Å²) in [4.78, 5) is 11.3. The zero-order valence-electron chi connectivity index (χ0n) is 18.0. The van der Waals surface area contributed by atoms with Crippen LogP contribution in [0, 0.1) is 6.92 Å². The Labute approximate surface area is 172 Å². The SMILES string of the molecule is COc1ccc([C@H](CNc2cc(-c3cc(C(C)C)[nH]n3)nc(C)n2)N(C)C)cc1. The van der Waals surface area contributed by atoms with Crippen LogP contribution in [0.5, 0.6) is 5.75 Å². The first-order valence-corrected chi connectivity index (χ1v) is 9.83. The van der Waals surface area contributed by atoms with Gasteiger partial charge in [0, 0.05) is 18.3 Å². The van der Waals surface area contributed by atoms with Gasteiger partial charge in [0.1, 0.15) is 23.1 Å². The Balaban J connectivity index is 1.78. The van der Waals surface area contributed by atoms with Crippen molar-refractivity contribution < 1.29 is 4.74 Å². The molecule has 7 nitrogen and oxygen atoms in total. The van der Waals surface area contributed by atoms with Crippen LogP contribution in [-0.2, 0) is 0 Å². The molecule has 0 saturated carbocycles. The molecule has 0 bridgehead atoms. The number of hydrogen-bond acceptors (Lipinski definition) is 6. The average molecular weight is 395 g/mol. The minimum atomic E-state index is 0.192. The molecule has 0 unspecified atom stereocenters. The molecule has 154 valence electrons. The number of aromatic amines is 1. The van der Waals surface area contributed by atoms with E-state index in [0.717, 1.165) is 28.6 Å². The Morgan fingerprint density at radius 3 is 2.38 bits per heavy atom. The van der Waals surface area contributed by atoms with Crippen LogP contribution in [0.15, 0.2) is 36.4 Å². The summed E-state index contributed by atoms with van der Waals surface area (Å²) < 4.78 is 5.27. The molecule has 1 atom stereocenters. The molecule has 0 aliphatic rings. The largest absolute Gasteiger partial charge is 0.497 e. The standard InChI is InChI=1S/C22H30N6O/c1-14(2)18-11-20(27-26-18)19-12-22(25-15(3)24-19)23-13-21(28(4)5)16-7-9-17(29-6)10-8-16/h7-12,14,21H,13H2,1-6H3,(H,26,27)(H,23,24,25)/t21-/m0/s1. The molecule has 7 heteroatoms. The predicted molar refractivity (Wildman–Crippen MR) is 116 cm³/mol. The highest BCUT2D eigenvalue weighted by Gasteiger charge is 2.16. The molecule has 0 amide bonds. The molecule has 0 saturated heterocycles. The summed E-state index contributed by atoms with van der Waals surface area (Å²) in [6.45, 7) is 6.89. The van der Waals surface area contributed by atoms with Crippen molar-refractivity contribution >= 4 is 5.82 Å². The molecule has 0 radical (unpaired) electrons. The van der Waals surface area contributed by atoms with Crippen molar-refractivity contribution in [2.75, 3.05) is 33.1 Å². The van der Waals surface area contributed by atoms with Crippen molar-refractivity contribution in [3.05, 3.63) is 53.5 Å². The van der Waals surface area contributed by atoms with E-state index >= 15 is 0 Å². The van der Waals surface area contributed by atoms with Crippen LogP contribution in [0.1, 0.15) is 42.9 Å². The normalized spacial score (nSPS) is 12.4. The number of nitrogens with one attached hydrogen (secondary N) is 2. The first-order valence-electron chi connectivity index (χ1n) is 9.83. The zero-order valence-corrected chi connectivity index (χ0v) is 18.0. The van der Waals surface area contributed by atoms with Crippen molar-refractivity contribution in [3.8, 4) is 17.1 Å². The third kappa shape index (κ3) is 5.12. The van der Waals surface area contributed by atoms with Gasteiger partial charge in [-0.25, -0.2) is 9.97 Å². The second kappa shape index (κ2) is 9.05. The second-order valence-corrected chi connectivity index (χ2v) is 7.68. The van der Waals surface area contributed by atoms with Gasteiger partial charge in [0.15, 0.2) is 0 Å². The summed E-state index contributed by atoms with van der Waals surface area (Å²) >= 11 is 0. The number of hydrogen-bond donors (Lipinski definition) is 2. The van der Waals surface area contributed by atoms with Gasteiger partial charge in [0.05, 0.1) is 18.8 Å². The lowest BCUT2D eigenvalue weighted by Gasteiger charge is -2.25. The number of likely N-dealkylation sites (N-methyl/N-ethyl adjacent to an activating group) is 1. The Bertz CT molecular complexity index is 933. The van der Waals surface area contributed by atoms with Gasteiger partial charge >= 0.3 is 0 Å². The molecule has 29 heavy (non-hydrogen) atoms. The van der Waals surface area contributed by atoms with Gasteiger partial charge < -0.3 is 15.0 Å². The number of aryl methyl sites for hydroxylation is 1. The van der Waals surface area contributed by atoms with Crippen molar-refractivity contribution in [2.45, 2.75) is 32.7 Å². The van der Waals surface area contributed by atoms with E-state index in [-0.39, 0.29) is 6.04 Å². The number of benzene rings is 1. The van der Waals surface area contributed by atoms with Crippen LogP contribution in [0.4, 0.5) is 5.82 Å². The maximum Gasteiger partial charge on any atom is 0.130 e. The Kier molecular flexibility index (Phi) is 6.49. The van der Waals surface area contributed by atoms with E-state index in [1.165, 1.54) is 5.56 Å². The number of anilines is 1. The number of ether oxygens (including phenoxy) is 1. The van der Waals surface area contributed by atoms with E-state index < -0.39 is 0 Å². The molecular formula is C22H30N6O. The average Bonchev–Trinajstić information content (AvgIpc) is 3.19. The van der Waals surface area contributed by atoms with Crippen LogP contribution in [0.2, 0.25) is 0 Å². The molecule has 0 aliphatic heterocycles. The summed E-state index contributed by atoms with van der Waals surface area (Å²) in [6.07, 6.45) is 0. The van der Waals surface area contributed by atoms with E-state index in [2.05, 4.69) is 76.5 Å². The monoisotopic (exact) mass is 394 g/mol. The maximum atomic E-state index is 5.27. The van der Waals surface area contributed by atoms with Crippen LogP contribution in [-0.4, -0.2) is 52.8 Å². The molecule has 2 heterocycles. The van der Waals surface area contributed by atoms with Gasteiger partial charge in [0.25, 0.3) is 0 Å². The van der Waals surface area contributed by atoms with E-state index in [1.54, 1.807) is 7.11 Å². The molecule has 1 aromatic carbocycles. The van der Waals surface area contributed by atoms with Crippen LogP contribution >= 0.6 is 0 Å². The molecule has 0 aliphatic carbocycles. The number of nitrogens with zero attached hydrogens (tertiary/aromatic N) is 4. The van der Waals surface area contributed by atoms with Crippen molar-refractivity contribution in [2.24, 2.45) is 0 Å². The van der Waals surface area contributed by atoms with E-state index in [0.29, 0.717) is 18.3 Å². The number of rotatable bonds is 8. The third-order valence-corrected chi connectivity index (χ3v) is 4.92. The fourth-order valence-corrected chi connectivity index (χ4v) is 3.18. The summed E-state index contributed by atoms with van der Waals surface area (Å²) in [5.41, 5.74) is 3.96. The summed E-state index contributed by atoms with van der Waals surface area (Å²) in [5.74, 6) is 2.75. The lowest BCUT2D eigenvalue weighted by Crippen LogP contribution is -2.27. The molecule has 2 aromatic heterocycles. The highest BCUT2D eigenvalue weighted by atomic mass is 16.5. The highest BCUT2D eigenvalue weighted by Crippen LogP contribution is 2.24. The minimum Gasteiger partial charge on any atom is -0.497 e. The Hall–Kier alpha value is -2.93. The fourth-order valence-electron chi connectivity index (χ4n) is 3.18. The van der Waals surface area contributed by atoms with Crippen molar-refractivity contribution in [1.29, 1.82) is 0 Å². The highest BCUT2D eigenvalue weighted by molar-refractivity contribution is 5.59. The summed E-state index contributed by atoms with van der Waals surface area (Å²) in [5, 5.41) is 11.0. The Morgan fingerprint density at radius 2 is 1.79 bits per heavy atom.